The van der Waals surface area contributed by atoms with Gasteiger partial charge in [0.25, 0.3) is 0 Å². The zero-order valence-electron chi connectivity index (χ0n) is 19.8. The molecule has 6 aliphatic carbocycles. The van der Waals surface area contributed by atoms with Crippen molar-refractivity contribution in [1.29, 1.82) is 0 Å². The van der Waals surface area contributed by atoms with Crippen LogP contribution in [-0.2, 0) is 14.2 Å². The Hall–Kier alpha value is -0.320. The Kier molecular flexibility index (Phi) is 4.34. The zero-order chi connectivity index (χ0) is 23.1. The zero-order valence-corrected chi connectivity index (χ0v) is 19.8. The molecule has 1 saturated heterocycles. The predicted octanol–water partition coefficient (Wildman–Crippen LogP) is -0.241. The number of methoxy groups -OCH3 is 3. The lowest BCUT2D eigenvalue weighted by Crippen LogP contribution is -2.84. The lowest BCUT2D eigenvalue weighted by molar-refractivity contribution is -0.384. The van der Waals surface area contributed by atoms with Crippen molar-refractivity contribution in [3.63, 3.8) is 0 Å². The minimum atomic E-state index is -1.71. The summed E-state index contributed by atoms with van der Waals surface area (Å²) in [6.45, 7) is 5.71. The summed E-state index contributed by atoms with van der Waals surface area (Å²) < 4.78 is 17.7. The van der Waals surface area contributed by atoms with E-state index in [1.165, 1.54) is 0 Å². The standard InChI is InChI=1S/C24H39NO7/c1-6-25-11-20(2)8-7-14(31-4)23-16(20)18(27)24(29,19(23)25)21-10-13(30-3)12(9-22(21,23)28)15(32-5)17(21)26/h12-19,26-29H,6-11H2,1-5H3/t12-,13+,14-,15-,16-,17+,18+,19+,20+,21-,22-,23-,24-/m0/s1. The normalized spacial score (nSPS) is 64.8. The van der Waals surface area contributed by atoms with Crippen LogP contribution in [-0.4, -0.2) is 108 Å². The quantitative estimate of drug-likeness (QED) is 0.462. The van der Waals surface area contributed by atoms with Crippen molar-refractivity contribution in [3.8, 4) is 0 Å². The monoisotopic (exact) mass is 453 g/mol. The third kappa shape index (κ3) is 1.76. The predicted molar refractivity (Wildman–Crippen MR) is 114 cm³/mol. The molecule has 2 spiro atoms. The summed E-state index contributed by atoms with van der Waals surface area (Å²) in [5.74, 6) is -0.515. The molecule has 4 N–H and O–H groups in total. The van der Waals surface area contributed by atoms with Gasteiger partial charge in [-0.25, -0.2) is 0 Å². The molecule has 7 aliphatic rings. The number of aliphatic hydroxyl groups excluding tert-OH is 2. The molecule has 13 atom stereocenters. The highest BCUT2D eigenvalue weighted by molar-refractivity contribution is 5.48. The van der Waals surface area contributed by atoms with Crippen molar-refractivity contribution in [3.05, 3.63) is 0 Å². The number of nitrogens with zero attached hydrogens (tertiary/aromatic N) is 1. The van der Waals surface area contributed by atoms with E-state index in [0.29, 0.717) is 13.0 Å². The first-order valence-electron chi connectivity index (χ1n) is 12.2. The maximum Gasteiger partial charge on any atom is 0.118 e. The summed E-state index contributed by atoms with van der Waals surface area (Å²) in [4.78, 5) is 2.26. The Morgan fingerprint density at radius 1 is 1.00 bits per heavy atom. The van der Waals surface area contributed by atoms with Crippen molar-refractivity contribution in [2.24, 2.45) is 28.1 Å². The van der Waals surface area contributed by atoms with Crippen LogP contribution < -0.4 is 0 Å². The molecule has 1 heterocycles. The Morgan fingerprint density at radius 3 is 2.31 bits per heavy atom. The van der Waals surface area contributed by atoms with Gasteiger partial charge in [-0.3, -0.25) is 4.90 Å². The Morgan fingerprint density at radius 2 is 1.72 bits per heavy atom. The molecule has 6 saturated carbocycles. The van der Waals surface area contributed by atoms with E-state index in [0.717, 1.165) is 19.4 Å². The van der Waals surface area contributed by atoms with Crippen molar-refractivity contribution < 1.29 is 34.6 Å². The van der Waals surface area contributed by atoms with Gasteiger partial charge in [-0.15, -0.1) is 0 Å². The number of aliphatic hydroxyl groups is 4. The number of fused-ring (bicyclic) bond motifs is 2. The van der Waals surface area contributed by atoms with Gasteiger partial charge in [0.2, 0.25) is 0 Å². The lowest BCUT2D eigenvalue weighted by Gasteiger charge is -2.73. The third-order valence-electron chi connectivity index (χ3n) is 11.5. The van der Waals surface area contributed by atoms with Crippen molar-refractivity contribution >= 4 is 0 Å². The molecule has 0 aromatic carbocycles. The number of rotatable bonds is 4. The van der Waals surface area contributed by atoms with Crippen LogP contribution in [0.5, 0.6) is 0 Å². The highest BCUT2D eigenvalue weighted by Gasteiger charge is 2.98. The second-order valence-corrected chi connectivity index (χ2v) is 11.9. The van der Waals surface area contributed by atoms with Crippen LogP contribution in [0.4, 0.5) is 0 Å². The second-order valence-electron chi connectivity index (χ2n) is 11.9. The largest absolute Gasteiger partial charge is 0.390 e. The van der Waals surface area contributed by atoms with Gasteiger partial charge < -0.3 is 34.6 Å². The summed E-state index contributed by atoms with van der Waals surface area (Å²) in [5, 5.41) is 49.6. The molecule has 1 aliphatic heterocycles. The van der Waals surface area contributed by atoms with E-state index in [1.807, 2.05) is 0 Å². The van der Waals surface area contributed by atoms with Gasteiger partial charge in [-0.05, 0) is 37.6 Å². The first-order chi connectivity index (χ1) is 15.1. The van der Waals surface area contributed by atoms with E-state index >= 15 is 0 Å². The Labute approximate surface area is 189 Å². The van der Waals surface area contributed by atoms with E-state index in [-0.39, 0.29) is 35.9 Å². The number of ether oxygens (including phenoxy) is 3. The second kappa shape index (κ2) is 6.26. The van der Waals surface area contributed by atoms with E-state index < -0.39 is 46.4 Å². The molecule has 182 valence electrons. The molecular weight excluding hydrogens is 414 g/mol. The fourth-order valence-corrected chi connectivity index (χ4v) is 10.9. The summed E-state index contributed by atoms with van der Waals surface area (Å²) >= 11 is 0. The summed E-state index contributed by atoms with van der Waals surface area (Å²) in [6.07, 6.45) is -1.09. The van der Waals surface area contributed by atoms with Gasteiger partial charge in [-0.2, -0.15) is 0 Å². The smallest absolute Gasteiger partial charge is 0.118 e. The van der Waals surface area contributed by atoms with Crippen molar-refractivity contribution in [1.82, 2.24) is 4.90 Å². The fourth-order valence-electron chi connectivity index (χ4n) is 10.9. The molecule has 7 fully saturated rings. The maximum atomic E-state index is 13.0. The number of likely N-dealkylation sites (N-methyl/N-ethyl adjacent to an activating group) is 1. The Balaban J connectivity index is 1.69. The highest BCUT2D eigenvalue weighted by Crippen LogP contribution is 2.85. The first kappa shape index (κ1) is 22.2. The summed E-state index contributed by atoms with van der Waals surface area (Å²) in [5.41, 5.74) is -5.63. The number of hydrogen-bond acceptors (Lipinski definition) is 8. The third-order valence-corrected chi connectivity index (χ3v) is 11.5. The van der Waals surface area contributed by atoms with E-state index in [4.69, 9.17) is 14.2 Å². The van der Waals surface area contributed by atoms with E-state index in [9.17, 15) is 20.4 Å². The fraction of sp³-hybridized carbons (Fsp3) is 1.00. The minimum Gasteiger partial charge on any atom is -0.390 e. The van der Waals surface area contributed by atoms with Gasteiger partial charge in [0, 0.05) is 39.7 Å². The molecule has 7 bridgehead atoms. The average molecular weight is 454 g/mol. The minimum absolute atomic E-state index is 0.206. The molecular formula is C24H39NO7. The van der Waals surface area contributed by atoms with Crippen LogP contribution in [0.2, 0.25) is 0 Å². The molecule has 32 heavy (non-hydrogen) atoms. The number of likely N-dealkylation sites (tertiary alicyclic amines) is 1. The van der Waals surface area contributed by atoms with Crippen molar-refractivity contribution in [2.45, 2.75) is 87.3 Å². The molecule has 8 heteroatoms. The molecule has 0 amide bonds. The van der Waals surface area contributed by atoms with Gasteiger partial charge in [0.05, 0.1) is 53.0 Å². The maximum absolute atomic E-state index is 13.0. The summed E-state index contributed by atoms with van der Waals surface area (Å²) in [7, 11) is 4.88. The number of piperidine rings is 1. The molecule has 7 rings (SSSR count). The number of hydrogen-bond donors (Lipinski definition) is 4. The van der Waals surface area contributed by atoms with E-state index in [1.54, 1.807) is 21.3 Å². The Bertz CT molecular complexity index is 822. The molecule has 0 aromatic rings. The van der Waals surface area contributed by atoms with Gasteiger partial charge >= 0.3 is 0 Å². The lowest BCUT2D eigenvalue weighted by atomic mass is 9.35. The molecule has 0 aromatic heterocycles. The van der Waals surface area contributed by atoms with Crippen LogP contribution in [0.3, 0.4) is 0 Å². The van der Waals surface area contributed by atoms with Gasteiger partial charge in [0.1, 0.15) is 5.60 Å². The van der Waals surface area contributed by atoms with Crippen LogP contribution in [0.1, 0.15) is 39.5 Å². The van der Waals surface area contributed by atoms with E-state index in [2.05, 4.69) is 18.7 Å². The molecule has 0 radical (unpaired) electrons. The SMILES string of the molecule is CCN1C[C@@]2(C)CC[C@H](OC)[C@]34[C@H]2[C@@H](O)[C@](O)([C@H]13)[C@]12C[C@@H](OC)[C@H](C[C@@]41O)[C@H](OC)[C@H]2O. The van der Waals surface area contributed by atoms with Crippen LogP contribution in [0.25, 0.3) is 0 Å². The van der Waals surface area contributed by atoms with Crippen molar-refractivity contribution in [2.75, 3.05) is 34.4 Å². The topological polar surface area (TPSA) is 112 Å². The highest BCUT2D eigenvalue weighted by atomic mass is 16.5. The van der Waals surface area contributed by atoms with Gasteiger partial charge in [-0.1, -0.05) is 13.8 Å². The summed E-state index contributed by atoms with van der Waals surface area (Å²) in [6, 6.07) is -0.509. The average Bonchev–Trinajstić information content (AvgIpc) is 3.04. The molecule has 0 unspecified atom stereocenters. The van der Waals surface area contributed by atoms with Crippen LogP contribution in [0, 0.1) is 28.1 Å². The van der Waals surface area contributed by atoms with Gasteiger partial charge in [0.15, 0.2) is 0 Å². The van der Waals surface area contributed by atoms with Crippen LogP contribution >= 0.6 is 0 Å². The van der Waals surface area contributed by atoms with Crippen LogP contribution in [0.15, 0.2) is 0 Å². The molecule has 8 nitrogen and oxygen atoms in total. The first-order valence-corrected chi connectivity index (χ1v) is 12.2.